The average Bonchev–Trinajstić information content (AvgIpc) is 2.99. The largest absolute Gasteiger partial charge is 0.241 e. The summed E-state index contributed by atoms with van der Waals surface area (Å²) in [5, 5.41) is 0. The number of rotatable bonds is 5. The maximum absolute atomic E-state index is 12.2. The zero-order chi connectivity index (χ0) is 13.3. The van der Waals surface area contributed by atoms with Gasteiger partial charge < -0.3 is 0 Å². The molecule has 1 aliphatic rings. The van der Waals surface area contributed by atoms with Crippen LogP contribution in [0.1, 0.15) is 26.2 Å². The van der Waals surface area contributed by atoms with E-state index < -0.39 is 10.0 Å². The van der Waals surface area contributed by atoms with Gasteiger partial charge in [0.1, 0.15) is 0 Å². The summed E-state index contributed by atoms with van der Waals surface area (Å²) >= 11 is 6.60. The van der Waals surface area contributed by atoms with Crippen molar-refractivity contribution in [2.75, 3.05) is 0 Å². The maximum atomic E-state index is 12.2. The van der Waals surface area contributed by atoms with Gasteiger partial charge in [-0.1, -0.05) is 28.8 Å². The highest BCUT2D eigenvalue weighted by Crippen LogP contribution is 2.34. The quantitative estimate of drug-likeness (QED) is 0.824. The summed E-state index contributed by atoms with van der Waals surface area (Å²) in [6.45, 7) is 1.92. The van der Waals surface area contributed by atoms with E-state index in [0.717, 1.165) is 10.9 Å². The third kappa shape index (κ3) is 3.79. The summed E-state index contributed by atoms with van der Waals surface area (Å²) in [5.74, 6) is 0.705. The number of halogens is 2. The lowest BCUT2D eigenvalue weighted by Gasteiger charge is -2.14. The molecule has 0 amide bonds. The molecule has 100 valence electrons. The Kier molecular flexibility index (Phi) is 4.52. The minimum atomic E-state index is -3.44. The monoisotopic (exact) mass is 395 g/mol. The number of hydrogen-bond acceptors (Lipinski definition) is 2. The summed E-state index contributed by atoms with van der Waals surface area (Å²) < 4.78 is 28.6. The van der Waals surface area contributed by atoms with Crippen LogP contribution >= 0.6 is 31.9 Å². The maximum Gasteiger partial charge on any atom is 0.241 e. The lowest BCUT2D eigenvalue weighted by Crippen LogP contribution is -2.33. The molecule has 0 spiro atoms. The first-order chi connectivity index (χ1) is 8.38. The van der Waals surface area contributed by atoms with Gasteiger partial charge in [0.15, 0.2) is 0 Å². The molecule has 1 fully saturated rings. The van der Waals surface area contributed by atoms with E-state index in [0.29, 0.717) is 10.4 Å². The molecule has 0 heterocycles. The van der Waals surface area contributed by atoms with Crippen molar-refractivity contribution in [2.24, 2.45) is 5.92 Å². The second-order valence-corrected chi connectivity index (χ2v) is 8.23. The molecule has 1 unspecified atom stereocenters. The molecule has 1 aliphatic carbocycles. The van der Waals surface area contributed by atoms with Crippen molar-refractivity contribution in [3.8, 4) is 0 Å². The summed E-state index contributed by atoms with van der Waals surface area (Å²) in [6, 6.07) is 5.05. The number of nitrogens with one attached hydrogen (secondary N) is 1. The van der Waals surface area contributed by atoms with Crippen LogP contribution < -0.4 is 4.72 Å². The first-order valence-electron chi connectivity index (χ1n) is 5.86. The molecule has 1 aromatic rings. The number of hydrogen-bond donors (Lipinski definition) is 1. The third-order valence-corrected chi connectivity index (χ3v) is 5.98. The smallest absolute Gasteiger partial charge is 0.208 e. The Morgan fingerprint density at radius 1 is 1.39 bits per heavy atom. The van der Waals surface area contributed by atoms with Crippen molar-refractivity contribution in [1.82, 2.24) is 4.72 Å². The second kappa shape index (κ2) is 5.61. The van der Waals surface area contributed by atoms with Crippen LogP contribution in [-0.2, 0) is 10.0 Å². The first kappa shape index (κ1) is 14.5. The van der Waals surface area contributed by atoms with Gasteiger partial charge in [0.05, 0.1) is 4.90 Å². The molecule has 0 bridgehead atoms. The fourth-order valence-corrected chi connectivity index (χ4v) is 4.93. The van der Waals surface area contributed by atoms with Crippen LogP contribution in [0.15, 0.2) is 32.0 Å². The van der Waals surface area contributed by atoms with Crippen LogP contribution in [0.2, 0.25) is 0 Å². The van der Waals surface area contributed by atoms with Gasteiger partial charge in [0.25, 0.3) is 0 Å². The van der Waals surface area contributed by atoms with Gasteiger partial charge in [0, 0.05) is 15.0 Å². The van der Waals surface area contributed by atoms with E-state index in [2.05, 4.69) is 36.6 Å². The molecule has 1 N–H and O–H groups in total. The lowest BCUT2D eigenvalue weighted by molar-refractivity contribution is 0.529. The van der Waals surface area contributed by atoms with Gasteiger partial charge in [-0.05, 0) is 53.4 Å². The summed E-state index contributed by atoms with van der Waals surface area (Å²) in [7, 11) is -3.44. The Hall–Kier alpha value is 0.0900. The van der Waals surface area contributed by atoms with E-state index in [-0.39, 0.29) is 10.9 Å². The van der Waals surface area contributed by atoms with Crippen molar-refractivity contribution in [3.63, 3.8) is 0 Å². The van der Waals surface area contributed by atoms with Crippen LogP contribution in [-0.4, -0.2) is 14.5 Å². The zero-order valence-electron chi connectivity index (χ0n) is 9.99. The average molecular weight is 397 g/mol. The van der Waals surface area contributed by atoms with E-state index in [1.165, 1.54) is 12.8 Å². The van der Waals surface area contributed by atoms with Crippen molar-refractivity contribution < 1.29 is 8.42 Å². The van der Waals surface area contributed by atoms with E-state index >= 15 is 0 Å². The molecule has 0 aliphatic heterocycles. The second-order valence-electron chi connectivity index (χ2n) is 4.78. The van der Waals surface area contributed by atoms with E-state index in [9.17, 15) is 8.42 Å². The topological polar surface area (TPSA) is 46.2 Å². The molecule has 1 saturated carbocycles. The number of sulfonamides is 1. The van der Waals surface area contributed by atoms with Crippen LogP contribution in [0.25, 0.3) is 0 Å². The van der Waals surface area contributed by atoms with Gasteiger partial charge in [-0.2, -0.15) is 0 Å². The molecule has 0 radical (unpaired) electrons. The van der Waals surface area contributed by atoms with E-state index in [1.54, 1.807) is 18.2 Å². The SMILES string of the molecule is CC(CC1CC1)NS(=O)(=O)c1ccc(Br)cc1Br. The Morgan fingerprint density at radius 2 is 2.06 bits per heavy atom. The Bertz CT molecular complexity index is 541. The summed E-state index contributed by atoms with van der Waals surface area (Å²) in [5.41, 5.74) is 0. The van der Waals surface area contributed by atoms with Gasteiger partial charge >= 0.3 is 0 Å². The molecule has 1 atom stereocenters. The van der Waals surface area contributed by atoms with E-state index in [4.69, 9.17) is 0 Å². The fraction of sp³-hybridized carbons (Fsp3) is 0.500. The minimum absolute atomic E-state index is 0.0157. The predicted octanol–water partition coefficient (Wildman–Crippen LogP) is 3.68. The summed E-state index contributed by atoms with van der Waals surface area (Å²) in [6.07, 6.45) is 3.38. The molecular formula is C12H15Br2NO2S. The lowest BCUT2D eigenvalue weighted by atomic mass is 10.2. The number of benzene rings is 1. The molecule has 6 heteroatoms. The fourth-order valence-electron chi connectivity index (χ4n) is 1.92. The Balaban J connectivity index is 2.13. The third-order valence-electron chi connectivity index (χ3n) is 2.92. The molecule has 2 rings (SSSR count). The zero-order valence-corrected chi connectivity index (χ0v) is 14.0. The Labute approximate surface area is 125 Å². The minimum Gasteiger partial charge on any atom is -0.208 e. The standard InChI is InChI=1S/C12H15Br2NO2S/c1-8(6-9-2-3-9)15-18(16,17)12-5-4-10(13)7-11(12)14/h4-5,7-9,15H,2-3,6H2,1H3. The van der Waals surface area contributed by atoms with Gasteiger partial charge in [0.2, 0.25) is 10.0 Å². The van der Waals surface area contributed by atoms with Crippen LogP contribution in [0.5, 0.6) is 0 Å². The van der Waals surface area contributed by atoms with Crippen LogP contribution in [0.3, 0.4) is 0 Å². The van der Waals surface area contributed by atoms with Gasteiger partial charge in [-0.25, -0.2) is 13.1 Å². The highest BCUT2D eigenvalue weighted by Gasteiger charge is 2.26. The van der Waals surface area contributed by atoms with Crippen molar-refractivity contribution in [2.45, 2.75) is 37.1 Å². The molecule has 0 aromatic heterocycles. The van der Waals surface area contributed by atoms with Crippen molar-refractivity contribution in [1.29, 1.82) is 0 Å². The predicted molar refractivity (Wildman–Crippen MR) is 79.0 cm³/mol. The highest BCUT2D eigenvalue weighted by molar-refractivity contribution is 9.11. The van der Waals surface area contributed by atoms with Crippen molar-refractivity contribution >= 4 is 41.9 Å². The molecule has 18 heavy (non-hydrogen) atoms. The highest BCUT2D eigenvalue weighted by atomic mass is 79.9. The summed E-state index contributed by atoms with van der Waals surface area (Å²) in [4.78, 5) is 0.286. The van der Waals surface area contributed by atoms with E-state index in [1.807, 2.05) is 6.92 Å². The molecular weight excluding hydrogens is 382 g/mol. The first-order valence-corrected chi connectivity index (χ1v) is 8.93. The van der Waals surface area contributed by atoms with Gasteiger partial charge in [-0.15, -0.1) is 0 Å². The van der Waals surface area contributed by atoms with Gasteiger partial charge in [-0.3, -0.25) is 0 Å². The molecule has 1 aromatic carbocycles. The van der Waals surface area contributed by atoms with Crippen molar-refractivity contribution in [3.05, 3.63) is 27.1 Å². The van der Waals surface area contributed by atoms with Crippen LogP contribution in [0.4, 0.5) is 0 Å². The normalized spacial score (nSPS) is 17.7. The Morgan fingerprint density at radius 3 is 2.61 bits per heavy atom. The molecule has 3 nitrogen and oxygen atoms in total. The van der Waals surface area contributed by atoms with Crippen LogP contribution in [0, 0.1) is 5.92 Å². The molecule has 0 saturated heterocycles.